The number of piperidine rings is 1. The minimum absolute atomic E-state index is 0.129. The van der Waals surface area contributed by atoms with E-state index in [0.29, 0.717) is 0 Å². The maximum atomic E-state index is 12.2. The van der Waals surface area contributed by atoms with Gasteiger partial charge in [-0.3, -0.25) is 4.79 Å². The lowest BCUT2D eigenvalue weighted by Crippen LogP contribution is -2.41. The highest BCUT2D eigenvalue weighted by molar-refractivity contribution is 5.78. The Balaban J connectivity index is 1.54. The Bertz CT molecular complexity index is 664. The molecule has 1 N–H and O–H groups in total. The highest BCUT2D eigenvalue weighted by Gasteiger charge is 2.25. The molecule has 2 heterocycles. The third-order valence-electron chi connectivity index (χ3n) is 4.74. The standard InChI is InChI=1S/C20H26N4O/c1-2-3-13-21-20(25)17-11-14-24(15-12-17)19-10-9-18(22-23-19)16-7-5-4-6-8-16/h4-10,17H,2-3,11-15H2,1H3,(H,21,25). The Morgan fingerprint density at radius 1 is 1.12 bits per heavy atom. The molecule has 1 fully saturated rings. The molecular weight excluding hydrogens is 312 g/mol. The van der Waals surface area contributed by atoms with Gasteiger partial charge in [-0.1, -0.05) is 43.7 Å². The summed E-state index contributed by atoms with van der Waals surface area (Å²) in [5, 5.41) is 11.8. The van der Waals surface area contributed by atoms with E-state index in [0.717, 1.165) is 62.4 Å². The van der Waals surface area contributed by atoms with Crippen LogP contribution in [0.3, 0.4) is 0 Å². The third kappa shape index (κ3) is 4.56. The van der Waals surface area contributed by atoms with E-state index in [4.69, 9.17) is 0 Å². The van der Waals surface area contributed by atoms with Crippen molar-refractivity contribution in [2.75, 3.05) is 24.5 Å². The molecule has 1 aliphatic heterocycles. The minimum atomic E-state index is 0.129. The highest BCUT2D eigenvalue weighted by Crippen LogP contribution is 2.23. The number of benzene rings is 1. The van der Waals surface area contributed by atoms with Crippen LogP contribution in [-0.2, 0) is 4.79 Å². The average molecular weight is 338 g/mol. The van der Waals surface area contributed by atoms with Gasteiger partial charge in [0.25, 0.3) is 0 Å². The Morgan fingerprint density at radius 2 is 1.88 bits per heavy atom. The van der Waals surface area contributed by atoms with Crippen LogP contribution in [-0.4, -0.2) is 35.7 Å². The molecule has 0 atom stereocenters. The molecule has 0 unspecified atom stereocenters. The van der Waals surface area contributed by atoms with Crippen LogP contribution in [0.25, 0.3) is 11.3 Å². The van der Waals surface area contributed by atoms with Crippen molar-refractivity contribution in [1.29, 1.82) is 0 Å². The number of hydrogen-bond acceptors (Lipinski definition) is 4. The summed E-state index contributed by atoms with van der Waals surface area (Å²) in [4.78, 5) is 14.4. The molecular formula is C20H26N4O. The summed E-state index contributed by atoms with van der Waals surface area (Å²) in [7, 11) is 0. The van der Waals surface area contributed by atoms with Gasteiger partial charge in [0.2, 0.25) is 5.91 Å². The van der Waals surface area contributed by atoms with Gasteiger partial charge in [-0.2, -0.15) is 0 Å². The molecule has 25 heavy (non-hydrogen) atoms. The van der Waals surface area contributed by atoms with Gasteiger partial charge in [-0.05, 0) is 31.4 Å². The van der Waals surface area contributed by atoms with Crippen molar-refractivity contribution < 1.29 is 4.79 Å². The summed E-state index contributed by atoms with van der Waals surface area (Å²) >= 11 is 0. The lowest BCUT2D eigenvalue weighted by molar-refractivity contribution is -0.125. The van der Waals surface area contributed by atoms with E-state index in [1.165, 1.54) is 0 Å². The van der Waals surface area contributed by atoms with Gasteiger partial charge < -0.3 is 10.2 Å². The van der Waals surface area contributed by atoms with Gasteiger partial charge in [0.05, 0.1) is 5.69 Å². The molecule has 1 saturated heterocycles. The Hall–Kier alpha value is -2.43. The van der Waals surface area contributed by atoms with Crippen molar-refractivity contribution in [2.24, 2.45) is 5.92 Å². The van der Waals surface area contributed by atoms with Crippen LogP contribution < -0.4 is 10.2 Å². The molecule has 5 heteroatoms. The van der Waals surface area contributed by atoms with Crippen LogP contribution in [0, 0.1) is 5.92 Å². The van der Waals surface area contributed by atoms with Crippen LogP contribution in [0.15, 0.2) is 42.5 Å². The van der Waals surface area contributed by atoms with Crippen LogP contribution in [0.5, 0.6) is 0 Å². The first-order valence-electron chi connectivity index (χ1n) is 9.19. The number of nitrogens with zero attached hydrogens (tertiary/aromatic N) is 3. The van der Waals surface area contributed by atoms with Crippen LogP contribution in [0.4, 0.5) is 5.82 Å². The predicted octanol–water partition coefficient (Wildman–Crippen LogP) is 3.28. The Morgan fingerprint density at radius 3 is 2.52 bits per heavy atom. The van der Waals surface area contributed by atoms with Gasteiger partial charge in [0.1, 0.15) is 0 Å². The maximum absolute atomic E-state index is 12.2. The van der Waals surface area contributed by atoms with Crippen LogP contribution in [0.1, 0.15) is 32.6 Å². The lowest BCUT2D eigenvalue weighted by Gasteiger charge is -2.31. The van der Waals surface area contributed by atoms with Crippen molar-refractivity contribution in [1.82, 2.24) is 15.5 Å². The van der Waals surface area contributed by atoms with Gasteiger partial charge >= 0.3 is 0 Å². The van der Waals surface area contributed by atoms with Gasteiger partial charge in [-0.15, -0.1) is 10.2 Å². The van der Waals surface area contributed by atoms with E-state index < -0.39 is 0 Å². The molecule has 0 radical (unpaired) electrons. The molecule has 0 bridgehead atoms. The molecule has 0 saturated carbocycles. The Kier molecular flexibility index (Phi) is 5.99. The number of carbonyl (C=O) groups is 1. The number of aromatic nitrogens is 2. The van der Waals surface area contributed by atoms with Gasteiger partial charge in [0.15, 0.2) is 5.82 Å². The average Bonchev–Trinajstić information content (AvgIpc) is 2.69. The first-order valence-corrected chi connectivity index (χ1v) is 9.19. The summed E-state index contributed by atoms with van der Waals surface area (Å²) in [6, 6.07) is 14.1. The Labute approximate surface area is 149 Å². The molecule has 1 aromatic heterocycles. The zero-order valence-corrected chi connectivity index (χ0v) is 14.8. The second kappa shape index (κ2) is 8.60. The van der Waals surface area contributed by atoms with Crippen molar-refractivity contribution in [3.63, 3.8) is 0 Å². The molecule has 0 aliphatic carbocycles. The summed E-state index contributed by atoms with van der Waals surface area (Å²) in [5.74, 6) is 1.23. The second-order valence-corrected chi connectivity index (χ2v) is 6.55. The highest BCUT2D eigenvalue weighted by atomic mass is 16.1. The van der Waals surface area contributed by atoms with E-state index in [1.54, 1.807) is 0 Å². The number of unbranched alkanes of at least 4 members (excludes halogenated alkanes) is 1. The zero-order valence-electron chi connectivity index (χ0n) is 14.8. The lowest BCUT2D eigenvalue weighted by atomic mass is 9.96. The predicted molar refractivity (Wildman–Crippen MR) is 100 cm³/mol. The molecule has 2 aromatic rings. The smallest absolute Gasteiger partial charge is 0.223 e. The maximum Gasteiger partial charge on any atom is 0.223 e. The molecule has 1 aromatic carbocycles. The largest absolute Gasteiger partial charge is 0.356 e. The second-order valence-electron chi connectivity index (χ2n) is 6.55. The third-order valence-corrected chi connectivity index (χ3v) is 4.74. The summed E-state index contributed by atoms with van der Waals surface area (Å²) in [6.45, 7) is 4.63. The summed E-state index contributed by atoms with van der Waals surface area (Å²) in [6.07, 6.45) is 3.91. The van der Waals surface area contributed by atoms with Gasteiger partial charge in [-0.25, -0.2) is 0 Å². The number of rotatable bonds is 6. The quantitative estimate of drug-likeness (QED) is 0.821. The van der Waals surface area contributed by atoms with Crippen LogP contribution >= 0.6 is 0 Å². The van der Waals surface area contributed by atoms with E-state index in [2.05, 4.69) is 27.3 Å². The van der Waals surface area contributed by atoms with Gasteiger partial charge in [0, 0.05) is 31.1 Å². The number of anilines is 1. The first kappa shape index (κ1) is 17.4. The van der Waals surface area contributed by atoms with Crippen molar-refractivity contribution in [2.45, 2.75) is 32.6 Å². The summed E-state index contributed by atoms with van der Waals surface area (Å²) in [5.41, 5.74) is 1.96. The number of hydrogen-bond donors (Lipinski definition) is 1. The van der Waals surface area contributed by atoms with Crippen LogP contribution in [0.2, 0.25) is 0 Å². The fraction of sp³-hybridized carbons (Fsp3) is 0.450. The monoisotopic (exact) mass is 338 g/mol. The fourth-order valence-corrected chi connectivity index (χ4v) is 3.16. The number of carbonyl (C=O) groups excluding carboxylic acids is 1. The first-order chi connectivity index (χ1) is 12.3. The number of amides is 1. The van der Waals surface area contributed by atoms with E-state index in [9.17, 15) is 4.79 Å². The van der Waals surface area contributed by atoms with E-state index >= 15 is 0 Å². The normalized spacial score (nSPS) is 15.2. The molecule has 3 rings (SSSR count). The minimum Gasteiger partial charge on any atom is -0.356 e. The van der Waals surface area contributed by atoms with E-state index in [1.807, 2.05) is 42.5 Å². The van der Waals surface area contributed by atoms with Crippen molar-refractivity contribution in [3.8, 4) is 11.3 Å². The topological polar surface area (TPSA) is 58.1 Å². The fourth-order valence-electron chi connectivity index (χ4n) is 3.16. The molecule has 5 nitrogen and oxygen atoms in total. The SMILES string of the molecule is CCCCNC(=O)C1CCN(c2ccc(-c3ccccc3)nn2)CC1. The van der Waals surface area contributed by atoms with Crippen molar-refractivity contribution in [3.05, 3.63) is 42.5 Å². The molecule has 132 valence electrons. The molecule has 1 aliphatic rings. The summed E-state index contributed by atoms with van der Waals surface area (Å²) < 4.78 is 0. The molecule has 0 spiro atoms. The van der Waals surface area contributed by atoms with Crippen molar-refractivity contribution >= 4 is 11.7 Å². The van der Waals surface area contributed by atoms with E-state index in [-0.39, 0.29) is 11.8 Å². The zero-order chi connectivity index (χ0) is 17.5. The number of nitrogens with one attached hydrogen (secondary N) is 1. The molecule has 1 amide bonds.